The summed E-state index contributed by atoms with van der Waals surface area (Å²) in [5, 5.41) is 2.76. The zero-order valence-electron chi connectivity index (χ0n) is 18.9. The number of benzene rings is 1. The molecule has 0 aliphatic heterocycles. The summed E-state index contributed by atoms with van der Waals surface area (Å²) < 4.78 is 16.0. The topological polar surface area (TPSA) is 142 Å². The van der Waals surface area contributed by atoms with E-state index in [1.807, 2.05) is 0 Å². The van der Waals surface area contributed by atoms with Crippen molar-refractivity contribution in [2.45, 2.75) is 6.54 Å². The fourth-order valence-corrected chi connectivity index (χ4v) is 4.28. The Kier molecular flexibility index (Phi) is 6.64. The largest absolute Gasteiger partial charge is 0.491 e. The Balaban J connectivity index is 1.60. The molecule has 3 heterocycles. The SMILES string of the molecule is COC(=O)c1ccc(CNC(=O)c2cc3[nH]c(=O)n(-c4ccc(OC)c(OC)n4)c(=O)c3s2)cc1. The lowest BCUT2D eigenvalue weighted by atomic mass is 10.1. The van der Waals surface area contributed by atoms with Crippen molar-refractivity contribution in [3.8, 4) is 17.4 Å². The Labute approximate surface area is 201 Å². The molecule has 0 atom stereocenters. The standard InChI is InChI=1S/C23H20N4O7S/c1-32-15-8-9-17(26-20(15)33-2)27-21(29)18-14(25-23(27)31)10-16(35-18)19(28)24-11-12-4-6-13(7-5-12)22(30)34-3/h4-10H,11H2,1-3H3,(H,24,28)(H,25,31). The minimum atomic E-state index is -0.710. The molecule has 1 amide bonds. The van der Waals surface area contributed by atoms with Gasteiger partial charge in [0.1, 0.15) is 10.5 Å². The minimum absolute atomic E-state index is 0.0469. The summed E-state index contributed by atoms with van der Waals surface area (Å²) in [6.07, 6.45) is 0. The molecule has 12 heteroatoms. The van der Waals surface area contributed by atoms with E-state index in [9.17, 15) is 19.2 Å². The number of H-pyrrole nitrogens is 1. The highest BCUT2D eigenvalue weighted by Gasteiger charge is 2.18. The van der Waals surface area contributed by atoms with Gasteiger partial charge in [0.15, 0.2) is 5.75 Å². The molecule has 4 aromatic rings. The molecule has 180 valence electrons. The Morgan fingerprint density at radius 1 is 1.06 bits per heavy atom. The van der Waals surface area contributed by atoms with Gasteiger partial charge in [-0.3, -0.25) is 9.59 Å². The summed E-state index contributed by atoms with van der Waals surface area (Å²) in [6, 6.07) is 11.0. The van der Waals surface area contributed by atoms with Crippen LogP contribution >= 0.6 is 11.3 Å². The fourth-order valence-electron chi connectivity index (χ4n) is 3.32. The van der Waals surface area contributed by atoms with Gasteiger partial charge in [-0.15, -0.1) is 11.3 Å². The van der Waals surface area contributed by atoms with E-state index in [0.717, 1.165) is 21.5 Å². The Morgan fingerprint density at radius 3 is 2.46 bits per heavy atom. The molecule has 0 spiro atoms. The normalized spacial score (nSPS) is 10.7. The maximum Gasteiger partial charge on any atom is 0.337 e. The van der Waals surface area contributed by atoms with Crippen LogP contribution in [-0.2, 0) is 11.3 Å². The number of esters is 1. The molecular weight excluding hydrogens is 476 g/mol. The molecule has 0 bridgehead atoms. The maximum atomic E-state index is 13.1. The monoisotopic (exact) mass is 496 g/mol. The van der Waals surface area contributed by atoms with Crippen LogP contribution in [0.1, 0.15) is 25.6 Å². The summed E-state index contributed by atoms with van der Waals surface area (Å²) >= 11 is 0.951. The summed E-state index contributed by atoms with van der Waals surface area (Å²) in [6.45, 7) is 0.199. The fraction of sp³-hybridized carbons (Fsp3) is 0.174. The first-order valence-electron chi connectivity index (χ1n) is 10.2. The molecule has 0 aliphatic rings. The van der Waals surface area contributed by atoms with E-state index in [0.29, 0.717) is 11.3 Å². The first-order valence-corrected chi connectivity index (χ1v) is 11.0. The number of methoxy groups -OCH3 is 3. The molecule has 0 radical (unpaired) electrons. The van der Waals surface area contributed by atoms with E-state index in [-0.39, 0.29) is 33.3 Å². The van der Waals surface area contributed by atoms with Gasteiger partial charge in [-0.05, 0) is 35.9 Å². The molecule has 0 saturated heterocycles. The Bertz CT molecular complexity index is 1540. The smallest absolute Gasteiger partial charge is 0.337 e. The van der Waals surface area contributed by atoms with Crippen LogP contribution in [0.4, 0.5) is 0 Å². The van der Waals surface area contributed by atoms with Crippen LogP contribution < -0.4 is 26.0 Å². The van der Waals surface area contributed by atoms with Gasteiger partial charge < -0.3 is 24.5 Å². The number of thiophene rings is 1. The van der Waals surface area contributed by atoms with Gasteiger partial charge in [-0.1, -0.05) is 12.1 Å². The van der Waals surface area contributed by atoms with Crippen LogP contribution in [0, 0.1) is 0 Å². The maximum absolute atomic E-state index is 13.1. The molecular formula is C23H20N4O7S. The van der Waals surface area contributed by atoms with Crippen molar-refractivity contribution in [3.05, 3.63) is 79.3 Å². The van der Waals surface area contributed by atoms with Gasteiger partial charge in [0.05, 0.1) is 37.3 Å². The third-order valence-corrected chi connectivity index (χ3v) is 6.20. The summed E-state index contributed by atoms with van der Waals surface area (Å²) in [5.41, 5.74) is 0.0802. The van der Waals surface area contributed by atoms with Crippen molar-refractivity contribution >= 4 is 33.4 Å². The molecule has 3 aromatic heterocycles. The number of carbonyl (C=O) groups excluding carboxylic acids is 2. The van der Waals surface area contributed by atoms with Crippen LogP contribution in [0.2, 0.25) is 0 Å². The second kappa shape index (κ2) is 9.81. The Hall–Kier alpha value is -4.45. The van der Waals surface area contributed by atoms with E-state index < -0.39 is 23.1 Å². The van der Waals surface area contributed by atoms with Crippen LogP contribution in [0.3, 0.4) is 0 Å². The predicted molar refractivity (Wildman–Crippen MR) is 128 cm³/mol. The number of aromatic amines is 1. The average molecular weight is 497 g/mol. The third-order valence-electron chi connectivity index (χ3n) is 5.08. The number of amides is 1. The molecule has 35 heavy (non-hydrogen) atoms. The number of fused-ring (bicyclic) bond motifs is 1. The van der Waals surface area contributed by atoms with Gasteiger partial charge in [-0.25, -0.2) is 14.2 Å². The van der Waals surface area contributed by atoms with Crippen molar-refractivity contribution in [1.82, 2.24) is 19.9 Å². The van der Waals surface area contributed by atoms with Gasteiger partial charge in [0.25, 0.3) is 17.3 Å². The van der Waals surface area contributed by atoms with Gasteiger partial charge in [-0.2, -0.15) is 4.98 Å². The Morgan fingerprint density at radius 2 is 1.80 bits per heavy atom. The van der Waals surface area contributed by atoms with Crippen LogP contribution in [0.15, 0.2) is 52.1 Å². The molecule has 0 aliphatic carbocycles. The minimum Gasteiger partial charge on any atom is -0.491 e. The summed E-state index contributed by atoms with van der Waals surface area (Å²) in [5.74, 6) is -0.363. The lowest BCUT2D eigenvalue weighted by Crippen LogP contribution is -2.33. The second-order valence-corrected chi connectivity index (χ2v) is 8.23. The van der Waals surface area contributed by atoms with Crippen molar-refractivity contribution in [2.24, 2.45) is 0 Å². The lowest BCUT2D eigenvalue weighted by Gasteiger charge is -2.09. The highest BCUT2D eigenvalue weighted by Crippen LogP contribution is 2.25. The van der Waals surface area contributed by atoms with Crippen molar-refractivity contribution in [3.63, 3.8) is 0 Å². The number of nitrogens with one attached hydrogen (secondary N) is 2. The van der Waals surface area contributed by atoms with E-state index in [1.54, 1.807) is 24.3 Å². The van der Waals surface area contributed by atoms with Crippen LogP contribution in [-0.4, -0.2) is 47.7 Å². The van der Waals surface area contributed by atoms with E-state index in [2.05, 4.69) is 20.0 Å². The highest BCUT2D eigenvalue weighted by atomic mass is 32.1. The van der Waals surface area contributed by atoms with Crippen molar-refractivity contribution in [2.75, 3.05) is 21.3 Å². The van der Waals surface area contributed by atoms with Crippen LogP contribution in [0.5, 0.6) is 11.6 Å². The number of carbonyl (C=O) groups is 2. The first-order chi connectivity index (χ1) is 16.9. The number of ether oxygens (including phenoxy) is 3. The molecule has 2 N–H and O–H groups in total. The molecule has 11 nitrogen and oxygen atoms in total. The molecule has 4 rings (SSSR count). The molecule has 0 fully saturated rings. The summed E-state index contributed by atoms with van der Waals surface area (Å²) in [4.78, 5) is 57.0. The lowest BCUT2D eigenvalue weighted by molar-refractivity contribution is 0.0600. The number of aromatic nitrogens is 3. The zero-order chi connectivity index (χ0) is 25.1. The number of pyridine rings is 1. The van der Waals surface area contributed by atoms with Crippen molar-refractivity contribution in [1.29, 1.82) is 0 Å². The van der Waals surface area contributed by atoms with E-state index in [4.69, 9.17) is 9.47 Å². The highest BCUT2D eigenvalue weighted by molar-refractivity contribution is 7.20. The number of rotatable bonds is 7. The van der Waals surface area contributed by atoms with Gasteiger partial charge in [0, 0.05) is 6.54 Å². The molecule has 0 saturated carbocycles. The average Bonchev–Trinajstić information content (AvgIpc) is 3.31. The quantitative estimate of drug-likeness (QED) is 0.369. The van der Waals surface area contributed by atoms with Gasteiger partial charge in [0.2, 0.25) is 0 Å². The summed E-state index contributed by atoms with van der Waals surface area (Å²) in [7, 11) is 4.14. The number of hydrogen-bond acceptors (Lipinski definition) is 9. The predicted octanol–water partition coefficient (Wildman–Crippen LogP) is 1.87. The molecule has 1 aromatic carbocycles. The second-order valence-electron chi connectivity index (χ2n) is 7.18. The van der Waals surface area contributed by atoms with E-state index in [1.165, 1.54) is 39.5 Å². The first kappa shape index (κ1) is 23.7. The van der Waals surface area contributed by atoms with Gasteiger partial charge >= 0.3 is 11.7 Å². The van der Waals surface area contributed by atoms with Crippen LogP contribution in [0.25, 0.3) is 16.0 Å². The van der Waals surface area contributed by atoms with E-state index >= 15 is 0 Å². The number of hydrogen-bond donors (Lipinski definition) is 2. The number of nitrogens with zero attached hydrogens (tertiary/aromatic N) is 2. The zero-order valence-corrected chi connectivity index (χ0v) is 19.7. The third kappa shape index (κ3) is 4.64. The van der Waals surface area contributed by atoms with Crippen molar-refractivity contribution < 1.29 is 23.8 Å². The molecule has 0 unspecified atom stereocenters.